The fourth-order valence-electron chi connectivity index (χ4n) is 1.46. The van der Waals surface area contributed by atoms with E-state index in [2.05, 4.69) is 0 Å². The van der Waals surface area contributed by atoms with E-state index in [1.807, 2.05) is 30.3 Å². The van der Waals surface area contributed by atoms with Crippen molar-refractivity contribution in [2.24, 2.45) is 0 Å². The number of ether oxygens (including phenoxy) is 1. The average molecular weight is 203 g/mol. The van der Waals surface area contributed by atoms with E-state index in [-0.39, 0.29) is 0 Å². The standard InChI is InChI=1S/C12H13NO2/c1-14-10-5-4-9(12(13)8-10)7-11-3-2-6-15-11/h2-6,8H,7,13H2,1H3. The molecule has 0 fully saturated rings. The lowest BCUT2D eigenvalue weighted by Gasteiger charge is -2.06. The molecule has 78 valence electrons. The zero-order chi connectivity index (χ0) is 10.7. The van der Waals surface area contributed by atoms with Crippen LogP contribution in [0.15, 0.2) is 41.0 Å². The molecule has 1 aromatic heterocycles. The minimum atomic E-state index is 0.711. The Morgan fingerprint density at radius 2 is 2.20 bits per heavy atom. The molecule has 2 aromatic rings. The van der Waals surface area contributed by atoms with Crippen LogP contribution in [0.5, 0.6) is 5.75 Å². The van der Waals surface area contributed by atoms with Gasteiger partial charge in [-0.1, -0.05) is 6.07 Å². The van der Waals surface area contributed by atoms with Crippen molar-refractivity contribution in [2.75, 3.05) is 12.8 Å². The Labute approximate surface area is 88.5 Å². The molecular formula is C12H13NO2. The van der Waals surface area contributed by atoms with Gasteiger partial charge >= 0.3 is 0 Å². The van der Waals surface area contributed by atoms with Gasteiger partial charge in [0.2, 0.25) is 0 Å². The van der Waals surface area contributed by atoms with E-state index in [0.717, 1.165) is 22.8 Å². The van der Waals surface area contributed by atoms with Crippen LogP contribution in [0.25, 0.3) is 0 Å². The fourth-order valence-corrected chi connectivity index (χ4v) is 1.46. The summed E-state index contributed by atoms with van der Waals surface area (Å²) in [7, 11) is 1.63. The van der Waals surface area contributed by atoms with E-state index in [1.54, 1.807) is 13.4 Å². The quantitative estimate of drug-likeness (QED) is 0.779. The van der Waals surface area contributed by atoms with Crippen molar-refractivity contribution >= 4 is 5.69 Å². The lowest BCUT2D eigenvalue weighted by molar-refractivity contribution is 0.415. The maximum absolute atomic E-state index is 5.89. The summed E-state index contributed by atoms with van der Waals surface area (Å²) in [6.45, 7) is 0. The van der Waals surface area contributed by atoms with Crippen LogP contribution in [0.4, 0.5) is 5.69 Å². The molecular weight excluding hydrogens is 190 g/mol. The first-order valence-corrected chi connectivity index (χ1v) is 4.74. The Morgan fingerprint density at radius 3 is 2.80 bits per heavy atom. The maximum Gasteiger partial charge on any atom is 0.120 e. The van der Waals surface area contributed by atoms with Crippen molar-refractivity contribution in [3.63, 3.8) is 0 Å². The first-order chi connectivity index (χ1) is 7.29. The van der Waals surface area contributed by atoms with Gasteiger partial charge in [0, 0.05) is 18.2 Å². The molecule has 0 aliphatic heterocycles. The Bertz CT molecular complexity index is 435. The number of benzene rings is 1. The van der Waals surface area contributed by atoms with Gasteiger partial charge < -0.3 is 14.9 Å². The SMILES string of the molecule is COc1ccc(Cc2ccco2)c(N)c1. The summed E-state index contributed by atoms with van der Waals surface area (Å²) in [6, 6.07) is 9.47. The first-order valence-electron chi connectivity index (χ1n) is 4.74. The highest BCUT2D eigenvalue weighted by atomic mass is 16.5. The minimum absolute atomic E-state index is 0.711. The fraction of sp³-hybridized carbons (Fsp3) is 0.167. The number of methoxy groups -OCH3 is 1. The highest BCUT2D eigenvalue weighted by Crippen LogP contribution is 2.22. The number of nitrogen functional groups attached to an aromatic ring is 1. The predicted octanol–water partition coefficient (Wildman–Crippen LogP) is 2.46. The lowest BCUT2D eigenvalue weighted by Crippen LogP contribution is -1.96. The van der Waals surface area contributed by atoms with E-state index in [4.69, 9.17) is 14.9 Å². The Balaban J connectivity index is 2.22. The second-order valence-electron chi connectivity index (χ2n) is 3.32. The van der Waals surface area contributed by atoms with Crippen LogP contribution in [-0.2, 0) is 6.42 Å². The van der Waals surface area contributed by atoms with Gasteiger partial charge in [-0.25, -0.2) is 0 Å². The zero-order valence-electron chi connectivity index (χ0n) is 8.57. The summed E-state index contributed by atoms with van der Waals surface area (Å²) in [5.74, 6) is 1.68. The normalized spacial score (nSPS) is 10.2. The predicted molar refractivity (Wildman–Crippen MR) is 58.9 cm³/mol. The zero-order valence-corrected chi connectivity index (χ0v) is 8.57. The van der Waals surface area contributed by atoms with E-state index in [0.29, 0.717) is 6.42 Å². The number of hydrogen-bond acceptors (Lipinski definition) is 3. The topological polar surface area (TPSA) is 48.4 Å². The number of anilines is 1. The average Bonchev–Trinajstić information content (AvgIpc) is 2.74. The van der Waals surface area contributed by atoms with Gasteiger partial charge in [-0.05, 0) is 23.8 Å². The molecule has 1 heterocycles. The Morgan fingerprint density at radius 1 is 1.33 bits per heavy atom. The summed E-state index contributed by atoms with van der Waals surface area (Å²) in [6.07, 6.45) is 2.37. The van der Waals surface area contributed by atoms with Crippen LogP contribution < -0.4 is 10.5 Å². The summed E-state index contributed by atoms with van der Waals surface area (Å²) < 4.78 is 10.3. The third kappa shape index (κ3) is 2.13. The molecule has 0 unspecified atom stereocenters. The summed E-state index contributed by atoms with van der Waals surface area (Å²) in [4.78, 5) is 0. The van der Waals surface area contributed by atoms with Gasteiger partial charge in [-0.15, -0.1) is 0 Å². The number of furan rings is 1. The van der Waals surface area contributed by atoms with Crippen molar-refractivity contribution in [3.05, 3.63) is 47.9 Å². The molecule has 15 heavy (non-hydrogen) atoms. The van der Waals surface area contributed by atoms with E-state index in [1.165, 1.54) is 0 Å². The van der Waals surface area contributed by atoms with E-state index < -0.39 is 0 Å². The van der Waals surface area contributed by atoms with Gasteiger partial charge in [0.1, 0.15) is 11.5 Å². The molecule has 2 N–H and O–H groups in total. The van der Waals surface area contributed by atoms with E-state index >= 15 is 0 Å². The van der Waals surface area contributed by atoms with Gasteiger partial charge in [0.05, 0.1) is 13.4 Å². The third-order valence-electron chi connectivity index (χ3n) is 2.30. The Hall–Kier alpha value is -1.90. The molecule has 0 bridgehead atoms. The molecule has 0 saturated heterocycles. The van der Waals surface area contributed by atoms with Gasteiger partial charge in [0.15, 0.2) is 0 Å². The molecule has 3 heteroatoms. The second-order valence-corrected chi connectivity index (χ2v) is 3.32. The molecule has 0 amide bonds. The number of rotatable bonds is 3. The molecule has 0 radical (unpaired) electrons. The molecule has 1 aromatic carbocycles. The van der Waals surface area contributed by atoms with Crippen LogP contribution in [0.3, 0.4) is 0 Å². The van der Waals surface area contributed by atoms with Crippen LogP contribution in [0.1, 0.15) is 11.3 Å². The van der Waals surface area contributed by atoms with Gasteiger partial charge in [0.25, 0.3) is 0 Å². The Kier molecular flexibility index (Phi) is 2.63. The van der Waals surface area contributed by atoms with Crippen LogP contribution in [0.2, 0.25) is 0 Å². The van der Waals surface area contributed by atoms with Crippen molar-refractivity contribution < 1.29 is 9.15 Å². The maximum atomic E-state index is 5.89. The summed E-state index contributed by atoms with van der Waals surface area (Å²) in [5, 5.41) is 0. The molecule has 0 aliphatic carbocycles. The number of hydrogen-bond donors (Lipinski definition) is 1. The highest BCUT2D eigenvalue weighted by Gasteiger charge is 2.04. The second kappa shape index (κ2) is 4.09. The van der Waals surface area contributed by atoms with Crippen molar-refractivity contribution in [1.82, 2.24) is 0 Å². The summed E-state index contributed by atoms with van der Waals surface area (Å²) >= 11 is 0. The van der Waals surface area contributed by atoms with Crippen LogP contribution in [0, 0.1) is 0 Å². The minimum Gasteiger partial charge on any atom is -0.497 e. The third-order valence-corrected chi connectivity index (χ3v) is 2.30. The monoisotopic (exact) mass is 203 g/mol. The molecule has 3 nitrogen and oxygen atoms in total. The van der Waals surface area contributed by atoms with Gasteiger partial charge in [-0.2, -0.15) is 0 Å². The number of nitrogens with two attached hydrogens (primary N) is 1. The molecule has 0 atom stereocenters. The molecule has 2 rings (SSSR count). The van der Waals surface area contributed by atoms with Crippen molar-refractivity contribution in [1.29, 1.82) is 0 Å². The van der Waals surface area contributed by atoms with Crippen molar-refractivity contribution in [3.8, 4) is 5.75 Å². The first kappa shape index (κ1) is 9.65. The largest absolute Gasteiger partial charge is 0.497 e. The molecule has 0 aliphatic rings. The van der Waals surface area contributed by atoms with Crippen LogP contribution >= 0.6 is 0 Å². The van der Waals surface area contributed by atoms with Crippen LogP contribution in [-0.4, -0.2) is 7.11 Å². The highest BCUT2D eigenvalue weighted by molar-refractivity contribution is 5.52. The molecule has 0 spiro atoms. The van der Waals surface area contributed by atoms with Gasteiger partial charge in [-0.3, -0.25) is 0 Å². The lowest BCUT2D eigenvalue weighted by atomic mass is 10.1. The molecule has 0 saturated carbocycles. The van der Waals surface area contributed by atoms with E-state index in [9.17, 15) is 0 Å². The van der Waals surface area contributed by atoms with Crippen molar-refractivity contribution in [2.45, 2.75) is 6.42 Å². The smallest absolute Gasteiger partial charge is 0.120 e. The summed E-state index contributed by atoms with van der Waals surface area (Å²) in [5.41, 5.74) is 7.67.